The highest BCUT2D eigenvalue weighted by molar-refractivity contribution is 5.37. The predicted molar refractivity (Wildman–Crippen MR) is 77.3 cm³/mol. The summed E-state index contributed by atoms with van der Waals surface area (Å²) in [5.41, 5.74) is 2.74. The van der Waals surface area contributed by atoms with Crippen LogP contribution in [0.4, 0.5) is 4.39 Å². The second-order valence-corrected chi connectivity index (χ2v) is 4.90. The minimum Gasteiger partial charge on any atom is -0.489 e. The highest BCUT2D eigenvalue weighted by Gasteiger charge is 2.09. The van der Waals surface area contributed by atoms with E-state index in [0.717, 1.165) is 11.1 Å². The average molecular weight is 285 g/mol. The topological polar surface area (TPSA) is 53.2 Å². The van der Waals surface area contributed by atoms with E-state index in [-0.39, 0.29) is 5.56 Å². The molecule has 0 bridgehead atoms. The van der Waals surface area contributed by atoms with Gasteiger partial charge < -0.3 is 9.84 Å². The van der Waals surface area contributed by atoms with Crippen LogP contribution in [0, 0.1) is 24.1 Å². The van der Waals surface area contributed by atoms with Gasteiger partial charge in [0.15, 0.2) is 0 Å². The van der Waals surface area contributed by atoms with E-state index in [4.69, 9.17) is 10.00 Å². The summed E-state index contributed by atoms with van der Waals surface area (Å²) < 4.78 is 19.3. The Labute approximate surface area is 123 Å². The zero-order valence-electron chi connectivity index (χ0n) is 11.9. The maximum Gasteiger partial charge on any atom is 0.132 e. The summed E-state index contributed by atoms with van der Waals surface area (Å²) in [6, 6.07) is 11.8. The highest BCUT2D eigenvalue weighted by atomic mass is 19.1. The normalized spacial score (nSPS) is 11.8. The number of nitrogens with zero attached hydrogens (tertiary/aromatic N) is 1. The van der Waals surface area contributed by atoms with E-state index < -0.39 is 11.9 Å². The van der Waals surface area contributed by atoms with Crippen LogP contribution in [0.1, 0.15) is 35.3 Å². The molecule has 0 amide bonds. The van der Waals surface area contributed by atoms with E-state index in [2.05, 4.69) is 6.07 Å². The SMILES string of the molecule is Cc1cc(C#N)ccc1COc1ccc(C(C)O)c(F)c1. The van der Waals surface area contributed by atoms with Gasteiger partial charge in [-0.2, -0.15) is 5.26 Å². The molecule has 0 aliphatic carbocycles. The Morgan fingerprint density at radius 1 is 1.29 bits per heavy atom. The number of aryl methyl sites for hydroxylation is 1. The standard InChI is InChI=1S/C17H16FNO2/c1-11-7-13(9-19)3-4-14(11)10-21-15-5-6-16(12(2)20)17(18)8-15/h3-8,12,20H,10H2,1-2H3. The van der Waals surface area contributed by atoms with E-state index in [1.165, 1.54) is 19.1 Å². The van der Waals surface area contributed by atoms with Gasteiger partial charge in [0.2, 0.25) is 0 Å². The first-order valence-corrected chi connectivity index (χ1v) is 6.61. The monoisotopic (exact) mass is 285 g/mol. The van der Waals surface area contributed by atoms with Gasteiger partial charge in [-0.25, -0.2) is 4.39 Å². The van der Waals surface area contributed by atoms with E-state index in [0.29, 0.717) is 17.9 Å². The van der Waals surface area contributed by atoms with Crippen molar-refractivity contribution in [2.24, 2.45) is 0 Å². The largest absolute Gasteiger partial charge is 0.489 e. The molecule has 108 valence electrons. The molecule has 0 heterocycles. The summed E-state index contributed by atoms with van der Waals surface area (Å²) in [6.45, 7) is 3.71. The van der Waals surface area contributed by atoms with Crippen LogP contribution in [0.5, 0.6) is 5.75 Å². The Kier molecular flexibility index (Phi) is 4.56. The number of nitriles is 1. The number of benzene rings is 2. The van der Waals surface area contributed by atoms with Crippen molar-refractivity contribution in [3.63, 3.8) is 0 Å². The molecule has 0 aromatic heterocycles. The van der Waals surface area contributed by atoms with Crippen LogP contribution in [0.15, 0.2) is 36.4 Å². The van der Waals surface area contributed by atoms with Crippen molar-refractivity contribution in [1.82, 2.24) is 0 Å². The van der Waals surface area contributed by atoms with Crippen LogP contribution in [0.2, 0.25) is 0 Å². The Morgan fingerprint density at radius 2 is 2.05 bits per heavy atom. The molecular weight excluding hydrogens is 269 g/mol. The van der Waals surface area contributed by atoms with Gasteiger partial charge in [-0.05, 0) is 49.2 Å². The lowest BCUT2D eigenvalue weighted by atomic mass is 10.1. The van der Waals surface area contributed by atoms with E-state index >= 15 is 0 Å². The molecule has 21 heavy (non-hydrogen) atoms. The first-order valence-electron chi connectivity index (χ1n) is 6.61. The van der Waals surface area contributed by atoms with Crippen molar-refractivity contribution in [2.45, 2.75) is 26.6 Å². The van der Waals surface area contributed by atoms with Gasteiger partial charge in [0, 0.05) is 11.6 Å². The number of rotatable bonds is 4. The van der Waals surface area contributed by atoms with Gasteiger partial charge in [0.05, 0.1) is 17.7 Å². The summed E-state index contributed by atoms with van der Waals surface area (Å²) in [4.78, 5) is 0. The molecule has 0 spiro atoms. The molecule has 0 fully saturated rings. The predicted octanol–water partition coefficient (Wildman–Crippen LogP) is 3.64. The third kappa shape index (κ3) is 3.59. The van der Waals surface area contributed by atoms with Crippen molar-refractivity contribution in [1.29, 1.82) is 5.26 Å². The lowest BCUT2D eigenvalue weighted by Gasteiger charge is -2.11. The maximum absolute atomic E-state index is 13.7. The van der Waals surface area contributed by atoms with Crippen LogP contribution in [-0.2, 0) is 6.61 Å². The van der Waals surface area contributed by atoms with Gasteiger partial charge in [0.1, 0.15) is 18.2 Å². The molecule has 2 rings (SSSR count). The molecule has 0 aliphatic heterocycles. The fourth-order valence-corrected chi connectivity index (χ4v) is 2.02. The van der Waals surface area contributed by atoms with Crippen molar-refractivity contribution in [3.05, 3.63) is 64.5 Å². The van der Waals surface area contributed by atoms with Crippen molar-refractivity contribution in [3.8, 4) is 11.8 Å². The Balaban J connectivity index is 2.10. The van der Waals surface area contributed by atoms with Crippen molar-refractivity contribution >= 4 is 0 Å². The number of aliphatic hydroxyl groups is 1. The number of aliphatic hydroxyl groups excluding tert-OH is 1. The van der Waals surface area contributed by atoms with Gasteiger partial charge in [0.25, 0.3) is 0 Å². The van der Waals surface area contributed by atoms with E-state index in [1.54, 1.807) is 18.2 Å². The molecule has 0 aliphatic rings. The number of ether oxygens (including phenoxy) is 1. The van der Waals surface area contributed by atoms with E-state index in [9.17, 15) is 9.50 Å². The lowest BCUT2D eigenvalue weighted by molar-refractivity contribution is 0.194. The van der Waals surface area contributed by atoms with Gasteiger partial charge >= 0.3 is 0 Å². The fourth-order valence-electron chi connectivity index (χ4n) is 2.02. The van der Waals surface area contributed by atoms with E-state index in [1.807, 2.05) is 13.0 Å². The third-order valence-electron chi connectivity index (χ3n) is 3.29. The summed E-state index contributed by atoms with van der Waals surface area (Å²) in [7, 11) is 0. The highest BCUT2D eigenvalue weighted by Crippen LogP contribution is 2.23. The van der Waals surface area contributed by atoms with Crippen molar-refractivity contribution in [2.75, 3.05) is 0 Å². The summed E-state index contributed by atoms with van der Waals surface area (Å²) in [5, 5.41) is 18.2. The van der Waals surface area contributed by atoms with Crippen molar-refractivity contribution < 1.29 is 14.2 Å². The molecule has 1 atom stereocenters. The Morgan fingerprint density at radius 3 is 2.62 bits per heavy atom. The Bertz CT molecular complexity index is 690. The molecule has 0 saturated heterocycles. The first-order chi connectivity index (χ1) is 10.0. The van der Waals surface area contributed by atoms with Crippen LogP contribution in [0.3, 0.4) is 0 Å². The van der Waals surface area contributed by atoms with Crippen LogP contribution >= 0.6 is 0 Å². The zero-order chi connectivity index (χ0) is 15.4. The minimum atomic E-state index is -0.847. The molecule has 0 radical (unpaired) electrons. The van der Waals surface area contributed by atoms with Gasteiger partial charge in [-0.1, -0.05) is 6.07 Å². The van der Waals surface area contributed by atoms with Crippen LogP contribution < -0.4 is 4.74 Å². The molecule has 4 heteroatoms. The van der Waals surface area contributed by atoms with Gasteiger partial charge in [-0.3, -0.25) is 0 Å². The molecule has 1 N–H and O–H groups in total. The summed E-state index contributed by atoms with van der Waals surface area (Å²) >= 11 is 0. The molecule has 0 saturated carbocycles. The summed E-state index contributed by atoms with van der Waals surface area (Å²) in [6.07, 6.45) is -0.847. The smallest absolute Gasteiger partial charge is 0.132 e. The quantitative estimate of drug-likeness (QED) is 0.933. The molecule has 3 nitrogen and oxygen atoms in total. The minimum absolute atomic E-state index is 0.247. The first kappa shape index (κ1) is 15.0. The summed E-state index contributed by atoms with van der Waals surface area (Å²) in [5.74, 6) is -0.0836. The average Bonchev–Trinajstić information content (AvgIpc) is 2.45. The molecular formula is C17H16FNO2. The fraction of sp³-hybridized carbons (Fsp3) is 0.235. The van der Waals surface area contributed by atoms with Crippen LogP contribution in [-0.4, -0.2) is 5.11 Å². The maximum atomic E-state index is 13.7. The second-order valence-electron chi connectivity index (χ2n) is 4.90. The number of hydrogen-bond acceptors (Lipinski definition) is 3. The van der Waals surface area contributed by atoms with Crippen LogP contribution in [0.25, 0.3) is 0 Å². The molecule has 2 aromatic carbocycles. The van der Waals surface area contributed by atoms with Gasteiger partial charge in [-0.15, -0.1) is 0 Å². The zero-order valence-corrected chi connectivity index (χ0v) is 11.9. The Hall–Kier alpha value is -2.38. The number of hydrogen-bond donors (Lipinski definition) is 1. The third-order valence-corrected chi connectivity index (χ3v) is 3.29. The number of halogens is 1. The second kappa shape index (κ2) is 6.38. The lowest BCUT2D eigenvalue weighted by Crippen LogP contribution is -2.00. The molecule has 1 unspecified atom stereocenters. The molecule has 2 aromatic rings.